The van der Waals surface area contributed by atoms with Crippen LogP contribution in [0, 0.1) is 5.82 Å². The zero-order valence-electron chi connectivity index (χ0n) is 13.5. The van der Waals surface area contributed by atoms with E-state index in [1.54, 1.807) is 24.3 Å². The molecule has 0 radical (unpaired) electrons. The molecule has 134 valence electrons. The SMILES string of the molecule is O=C(CCc1ccc(-c2nnc(C(F)F)o2)cc1F)Nc1ccccc1. The lowest BCUT2D eigenvalue weighted by Gasteiger charge is -2.06. The van der Waals surface area contributed by atoms with Crippen molar-refractivity contribution in [2.24, 2.45) is 0 Å². The highest BCUT2D eigenvalue weighted by Gasteiger charge is 2.18. The Bertz CT molecular complexity index is 898. The molecule has 1 amide bonds. The highest BCUT2D eigenvalue weighted by molar-refractivity contribution is 5.90. The first-order chi connectivity index (χ1) is 12.5. The second-order valence-corrected chi connectivity index (χ2v) is 5.47. The standard InChI is InChI=1S/C18H14F3N3O2/c19-14-10-12(17-23-24-18(26-17)16(20)21)7-6-11(14)8-9-15(25)22-13-4-2-1-3-5-13/h1-7,10,16H,8-9H2,(H,22,25). The van der Waals surface area contributed by atoms with Crippen LogP contribution in [0.5, 0.6) is 0 Å². The van der Waals surface area contributed by atoms with E-state index in [9.17, 15) is 18.0 Å². The average molecular weight is 361 g/mol. The van der Waals surface area contributed by atoms with E-state index in [0.29, 0.717) is 11.3 Å². The molecule has 0 saturated carbocycles. The van der Waals surface area contributed by atoms with Gasteiger partial charge in [0, 0.05) is 17.7 Å². The van der Waals surface area contributed by atoms with Crippen molar-refractivity contribution < 1.29 is 22.4 Å². The molecular formula is C18H14F3N3O2. The van der Waals surface area contributed by atoms with E-state index in [0.717, 1.165) is 6.07 Å². The Morgan fingerprint density at radius 1 is 1.12 bits per heavy atom. The topological polar surface area (TPSA) is 68.0 Å². The molecule has 0 aliphatic rings. The molecule has 0 fully saturated rings. The molecule has 1 N–H and O–H groups in total. The quantitative estimate of drug-likeness (QED) is 0.707. The summed E-state index contributed by atoms with van der Waals surface area (Å²) in [6.45, 7) is 0. The van der Waals surface area contributed by atoms with Gasteiger partial charge in [-0.3, -0.25) is 4.79 Å². The summed E-state index contributed by atoms with van der Waals surface area (Å²) >= 11 is 0. The van der Waals surface area contributed by atoms with E-state index in [-0.39, 0.29) is 30.2 Å². The lowest BCUT2D eigenvalue weighted by molar-refractivity contribution is -0.116. The maximum absolute atomic E-state index is 14.2. The summed E-state index contributed by atoms with van der Waals surface area (Å²) in [6.07, 6.45) is -2.60. The molecular weight excluding hydrogens is 347 g/mol. The summed E-state index contributed by atoms with van der Waals surface area (Å²) in [5.74, 6) is -1.82. The average Bonchev–Trinajstić information content (AvgIpc) is 3.12. The second-order valence-electron chi connectivity index (χ2n) is 5.47. The van der Waals surface area contributed by atoms with E-state index in [4.69, 9.17) is 4.42 Å². The lowest BCUT2D eigenvalue weighted by Crippen LogP contribution is -2.12. The van der Waals surface area contributed by atoms with Gasteiger partial charge in [0.15, 0.2) is 0 Å². The molecule has 0 aliphatic carbocycles. The van der Waals surface area contributed by atoms with Crippen LogP contribution in [-0.2, 0) is 11.2 Å². The highest BCUT2D eigenvalue weighted by Crippen LogP contribution is 2.25. The van der Waals surface area contributed by atoms with Gasteiger partial charge in [0.05, 0.1) is 0 Å². The molecule has 0 saturated heterocycles. The van der Waals surface area contributed by atoms with Crippen molar-refractivity contribution in [1.82, 2.24) is 10.2 Å². The minimum absolute atomic E-state index is 0.0985. The van der Waals surface area contributed by atoms with Crippen molar-refractivity contribution >= 4 is 11.6 Å². The molecule has 3 aromatic rings. The van der Waals surface area contributed by atoms with E-state index in [2.05, 4.69) is 15.5 Å². The normalized spacial score (nSPS) is 10.9. The second kappa shape index (κ2) is 7.81. The van der Waals surface area contributed by atoms with Crippen LogP contribution < -0.4 is 5.32 Å². The maximum Gasteiger partial charge on any atom is 0.314 e. The van der Waals surface area contributed by atoms with Crippen LogP contribution in [0.25, 0.3) is 11.5 Å². The summed E-state index contributed by atoms with van der Waals surface area (Å²) in [6, 6.07) is 13.0. The van der Waals surface area contributed by atoms with Crippen molar-refractivity contribution in [2.45, 2.75) is 19.3 Å². The number of carbonyl (C=O) groups excluding carboxylic acids is 1. The monoisotopic (exact) mass is 361 g/mol. The number of para-hydroxylation sites is 1. The van der Waals surface area contributed by atoms with Crippen molar-refractivity contribution in [3.63, 3.8) is 0 Å². The van der Waals surface area contributed by atoms with Crippen molar-refractivity contribution in [1.29, 1.82) is 0 Å². The number of aromatic nitrogens is 2. The molecule has 0 spiro atoms. The van der Waals surface area contributed by atoms with E-state index >= 15 is 0 Å². The lowest BCUT2D eigenvalue weighted by atomic mass is 10.1. The minimum atomic E-state index is -2.89. The summed E-state index contributed by atoms with van der Waals surface area (Å²) in [5, 5.41) is 9.39. The van der Waals surface area contributed by atoms with Gasteiger partial charge in [-0.2, -0.15) is 8.78 Å². The summed E-state index contributed by atoms with van der Waals surface area (Å²) in [7, 11) is 0. The van der Waals surface area contributed by atoms with E-state index in [1.807, 2.05) is 6.07 Å². The first-order valence-electron chi connectivity index (χ1n) is 7.78. The minimum Gasteiger partial charge on any atom is -0.415 e. The molecule has 2 aromatic carbocycles. The molecule has 0 unspecified atom stereocenters. The number of carbonyl (C=O) groups is 1. The van der Waals surface area contributed by atoms with Gasteiger partial charge in [0.2, 0.25) is 11.8 Å². The number of anilines is 1. The smallest absolute Gasteiger partial charge is 0.314 e. The summed E-state index contributed by atoms with van der Waals surface area (Å²) < 4.78 is 43.9. The Labute approximate surface area is 146 Å². The number of nitrogens with one attached hydrogen (secondary N) is 1. The first kappa shape index (κ1) is 17.7. The zero-order chi connectivity index (χ0) is 18.5. The molecule has 26 heavy (non-hydrogen) atoms. The van der Waals surface area contributed by atoms with Crippen LogP contribution in [0.4, 0.5) is 18.9 Å². The van der Waals surface area contributed by atoms with Gasteiger partial charge >= 0.3 is 6.43 Å². The van der Waals surface area contributed by atoms with Crippen LogP contribution in [-0.4, -0.2) is 16.1 Å². The summed E-state index contributed by atoms with van der Waals surface area (Å²) in [5.41, 5.74) is 1.18. The van der Waals surface area contributed by atoms with Gasteiger partial charge in [-0.25, -0.2) is 4.39 Å². The largest absolute Gasteiger partial charge is 0.415 e. The Morgan fingerprint density at radius 2 is 1.88 bits per heavy atom. The van der Waals surface area contributed by atoms with Crippen molar-refractivity contribution in [2.75, 3.05) is 5.32 Å². The molecule has 0 bridgehead atoms. The van der Waals surface area contributed by atoms with Crippen LogP contribution >= 0.6 is 0 Å². The molecule has 5 nitrogen and oxygen atoms in total. The predicted octanol–water partition coefficient (Wildman–Crippen LogP) is 4.38. The van der Waals surface area contributed by atoms with Gasteiger partial charge in [0.25, 0.3) is 5.89 Å². The van der Waals surface area contributed by atoms with Crippen LogP contribution in [0.15, 0.2) is 52.9 Å². The predicted molar refractivity (Wildman–Crippen MR) is 88.0 cm³/mol. The number of rotatable bonds is 6. The number of hydrogen-bond donors (Lipinski definition) is 1. The highest BCUT2D eigenvalue weighted by atomic mass is 19.3. The number of benzene rings is 2. The maximum atomic E-state index is 14.2. The third kappa shape index (κ3) is 4.27. The third-order valence-corrected chi connectivity index (χ3v) is 3.61. The summed E-state index contributed by atoms with van der Waals surface area (Å²) in [4.78, 5) is 11.9. The van der Waals surface area contributed by atoms with Crippen molar-refractivity contribution in [3.05, 3.63) is 65.8 Å². The molecule has 3 rings (SSSR count). The zero-order valence-corrected chi connectivity index (χ0v) is 13.5. The fourth-order valence-corrected chi connectivity index (χ4v) is 2.32. The number of hydrogen-bond acceptors (Lipinski definition) is 4. The third-order valence-electron chi connectivity index (χ3n) is 3.61. The molecule has 0 aliphatic heterocycles. The Hall–Kier alpha value is -3.16. The van der Waals surface area contributed by atoms with Gasteiger partial charge in [0.1, 0.15) is 5.82 Å². The Kier molecular flexibility index (Phi) is 5.31. The number of aryl methyl sites for hydroxylation is 1. The number of alkyl halides is 2. The number of amides is 1. The molecule has 0 atom stereocenters. The fourth-order valence-electron chi connectivity index (χ4n) is 2.32. The van der Waals surface area contributed by atoms with E-state index in [1.165, 1.54) is 12.1 Å². The van der Waals surface area contributed by atoms with Gasteiger partial charge < -0.3 is 9.73 Å². The molecule has 1 aromatic heterocycles. The Balaban J connectivity index is 1.63. The Morgan fingerprint density at radius 3 is 2.54 bits per heavy atom. The van der Waals surface area contributed by atoms with Crippen LogP contribution in [0.2, 0.25) is 0 Å². The molecule has 1 heterocycles. The fraction of sp³-hybridized carbons (Fsp3) is 0.167. The first-order valence-corrected chi connectivity index (χ1v) is 7.78. The van der Waals surface area contributed by atoms with Gasteiger partial charge in [-0.05, 0) is 36.2 Å². The van der Waals surface area contributed by atoms with Crippen LogP contribution in [0.3, 0.4) is 0 Å². The molecule has 8 heteroatoms. The van der Waals surface area contributed by atoms with Gasteiger partial charge in [-0.15, -0.1) is 10.2 Å². The number of halogens is 3. The van der Waals surface area contributed by atoms with Gasteiger partial charge in [-0.1, -0.05) is 24.3 Å². The van der Waals surface area contributed by atoms with Crippen LogP contribution in [0.1, 0.15) is 24.3 Å². The number of nitrogens with zero attached hydrogens (tertiary/aromatic N) is 2. The van der Waals surface area contributed by atoms with Crippen molar-refractivity contribution in [3.8, 4) is 11.5 Å². The van der Waals surface area contributed by atoms with E-state index < -0.39 is 18.1 Å².